The zero-order valence-electron chi connectivity index (χ0n) is 17.3. The number of sulfonamides is 1. The Bertz CT molecular complexity index is 1400. The maximum Gasteiger partial charge on any atom is 0.284 e. The summed E-state index contributed by atoms with van der Waals surface area (Å²) < 4.78 is 28.6. The summed E-state index contributed by atoms with van der Waals surface area (Å²) in [6.07, 6.45) is 0.488. The number of nitrogens with one attached hydrogen (secondary N) is 1. The van der Waals surface area contributed by atoms with E-state index in [1.54, 1.807) is 59.9 Å². The molecule has 1 amide bonds. The molecule has 6 nitrogen and oxygen atoms in total. The van der Waals surface area contributed by atoms with Gasteiger partial charge in [0.05, 0.1) is 27.2 Å². The van der Waals surface area contributed by atoms with Gasteiger partial charge in [-0.05, 0) is 41.1 Å². The lowest BCUT2D eigenvalue weighted by Gasteiger charge is -2.19. The molecule has 1 aliphatic rings. The van der Waals surface area contributed by atoms with Gasteiger partial charge in [0.25, 0.3) is 15.9 Å². The van der Waals surface area contributed by atoms with Crippen molar-refractivity contribution in [3.63, 3.8) is 0 Å². The van der Waals surface area contributed by atoms with Gasteiger partial charge in [-0.15, -0.1) is 22.7 Å². The first-order valence-electron chi connectivity index (χ1n) is 10.2. The van der Waals surface area contributed by atoms with E-state index in [0.29, 0.717) is 28.3 Å². The van der Waals surface area contributed by atoms with E-state index in [9.17, 15) is 13.2 Å². The third-order valence-corrected chi connectivity index (χ3v) is 8.47. The van der Waals surface area contributed by atoms with Gasteiger partial charge in [-0.3, -0.25) is 9.52 Å². The van der Waals surface area contributed by atoms with Crippen molar-refractivity contribution in [2.45, 2.75) is 17.4 Å². The van der Waals surface area contributed by atoms with Crippen molar-refractivity contribution in [1.82, 2.24) is 5.01 Å². The van der Waals surface area contributed by atoms with Crippen LogP contribution in [0.1, 0.15) is 32.6 Å². The fourth-order valence-corrected chi connectivity index (χ4v) is 6.27. The summed E-state index contributed by atoms with van der Waals surface area (Å²) in [5.41, 5.74) is 1.74. The van der Waals surface area contributed by atoms with Crippen molar-refractivity contribution in [3.8, 4) is 0 Å². The number of hydrazone groups is 1. The quantitative estimate of drug-likeness (QED) is 0.380. The standard InChI is InChI=1S/C24H19N3O3S3/c28-24(23-13-7-15-32-23)27-21(22-12-6-14-31-22)16-20(25-27)18-10-4-5-11-19(18)26-33(29,30)17-8-2-1-3-9-17/h1-15,21,26H,16H2/t21-/m0/s1. The number of benzene rings is 2. The van der Waals surface area contributed by atoms with Crippen LogP contribution in [0.3, 0.4) is 0 Å². The second-order valence-electron chi connectivity index (χ2n) is 7.37. The number of nitrogens with zero attached hydrogens (tertiary/aromatic N) is 2. The first-order valence-corrected chi connectivity index (χ1v) is 13.4. The Hall–Kier alpha value is -3.27. The minimum absolute atomic E-state index is 0.166. The highest BCUT2D eigenvalue weighted by Gasteiger charge is 2.35. The zero-order valence-corrected chi connectivity index (χ0v) is 19.7. The molecule has 0 unspecified atom stereocenters. The number of hydrogen-bond donors (Lipinski definition) is 1. The van der Waals surface area contributed by atoms with E-state index in [4.69, 9.17) is 5.10 Å². The molecule has 2 aromatic carbocycles. The highest BCUT2D eigenvalue weighted by Crippen LogP contribution is 2.38. The van der Waals surface area contributed by atoms with E-state index in [1.165, 1.54) is 16.3 Å². The van der Waals surface area contributed by atoms with Crippen LogP contribution < -0.4 is 4.72 Å². The third-order valence-electron chi connectivity index (χ3n) is 5.26. The van der Waals surface area contributed by atoms with E-state index in [2.05, 4.69) is 4.72 Å². The molecule has 0 radical (unpaired) electrons. The summed E-state index contributed by atoms with van der Waals surface area (Å²) in [6.45, 7) is 0. The normalized spacial score (nSPS) is 15.9. The molecule has 166 valence electrons. The van der Waals surface area contributed by atoms with Gasteiger partial charge in [0, 0.05) is 16.9 Å². The molecule has 0 aliphatic carbocycles. The Kier molecular flexibility index (Phi) is 5.84. The summed E-state index contributed by atoms with van der Waals surface area (Å²) >= 11 is 2.95. The van der Waals surface area contributed by atoms with Gasteiger partial charge in [0.1, 0.15) is 0 Å². The highest BCUT2D eigenvalue weighted by molar-refractivity contribution is 7.92. The van der Waals surface area contributed by atoms with E-state index < -0.39 is 10.0 Å². The number of carbonyl (C=O) groups excluding carboxylic acids is 1. The molecular weight excluding hydrogens is 474 g/mol. The van der Waals surface area contributed by atoms with E-state index in [0.717, 1.165) is 4.88 Å². The summed E-state index contributed by atoms with van der Waals surface area (Å²) in [5, 5.41) is 10.1. The minimum atomic E-state index is -3.77. The van der Waals surface area contributed by atoms with Crippen molar-refractivity contribution in [2.75, 3.05) is 4.72 Å². The molecule has 2 aromatic heterocycles. The molecule has 3 heterocycles. The molecule has 1 aliphatic heterocycles. The maximum atomic E-state index is 13.2. The number of hydrogen-bond acceptors (Lipinski definition) is 6. The topological polar surface area (TPSA) is 78.8 Å². The molecule has 0 bridgehead atoms. The van der Waals surface area contributed by atoms with Crippen LogP contribution in [-0.4, -0.2) is 25.0 Å². The molecule has 0 saturated carbocycles. The number of rotatable bonds is 6. The summed E-state index contributed by atoms with van der Waals surface area (Å²) in [7, 11) is -3.77. The van der Waals surface area contributed by atoms with E-state index >= 15 is 0 Å². The predicted molar refractivity (Wildman–Crippen MR) is 132 cm³/mol. The Labute approximate surface area is 199 Å². The van der Waals surface area contributed by atoms with Gasteiger partial charge >= 0.3 is 0 Å². The molecule has 1 N–H and O–H groups in total. The van der Waals surface area contributed by atoms with Crippen LogP contribution in [0.15, 0.2) is 99.6 Å². The highest BCUT2D eigenvalue weighted by atomic mass is 32.2. The third kappa shape index (κ3) is 4.35. The molecule has 0 saturated heterocycles. The fraction of sp³-hybridized carbons (Fsp3) is 0.0833. The van der Waals surface area contributed by atoms with Crippen molar-refractivity contribution in [3.05, 3.63) is 105 Å². The van der Waals surface area contributed by atoms with Crippen molar-refractivity contribution < 1.29 is 13.2 Å². The number of para-hydroxylation sites is 1. The summed E-state index contributed by atoms with van der Waals surface area (Å²) in [6, 6.07) is 22.7. The van der Waals surface area contributed by atoms with Crippen LogP contribution in [0, 0.1) is 0 Å². The average molecular weight is 494 g/mol. The first-order chi connectivity index (χ1) is 16.0. The van der Waals surface area contributed by atoms with Crippen LogP contribution in [0.2, 0.25) is 0 Å². The minimum Gasteiger partial charge on any atom is -0.279 e. The average Bonchev–Trinajstić information content (AvgIpc) is 3.61. The zero-order chi connectivity index (χ0) is 22.8. The van der Waals surface area contributed by atoms with Crippen LogP contribution >= 0.6 is 22.7 Å². The molecular formula is C24H19N3O3S3. The van der Waals surface area contributed by atoms with Gasteiger partial charge in [-0.1, -0.05) is 48.5 Å². The van der Waals surface area contributed by atoms with Crippen LogP contribution in [-0.2, 0) is 10.0 Å². The molecule has 1 atom stereocenters. The molecule has 0 spiro atoms. The molecule has 9 heteroatoms. The van der Waals surface area contributed by atoms with E-state index in [1.807, 2.05) is 41.1 Å². The van der Waals surface area contributed by atoms with Crippen LogP contribution in [0.5, 0.6) is 0 Å². The maximum absolute atomic E-state index is 13.2. The number of amides is 1. The predicted octanol–water partition coefficient (Wildman–Crippen LogP) is 5.60. The molecule has 0 fully saturated rings. The van der Waals surface area contributed by atoms with Crippen molar-refractivity contribution >= 4 is 50.0 Å². The Balaban J connectivity index is 1.52. The molecule has 5 rings (SSSR count). The van der Waals surface area contributed by atoms with Gasteiger partial charge in [-0.2, -0.15) is 5.10 Å². The SMILES string of the molecule is O=C(c1cccs1)N1N=C(c2ccccc2NS(=O)(=O)c2ccccc2)C[C@H]1c1cccs1. The van der Waals surface area contributed by atoms with Gasteiger partial charge in [0.15, 0.2) is 0 Å². The van der Waals surface area contributed by atoms with Gasteiger partial charge < -0.3 is 0 Å². The number of carbonyl (C=O) groups is 1. The van der Waals surface area contributed by atoms with Gasteiger partial charge in [-0.25, -0.2) is 13.4 Å². The van der Waals surface area contributed by atoms with Gasteiger partial charge in [0.2, 0.25) is 0 Å². The monoisotopic (exact) mass is 493 g/mol. The smallest absolute Gasteiger partial charge is 0.279 e. The largest absolute Gasteiger partial charge is 0.284 e. The number of anilines is 1. The Morgan fingerprint density at radius 1 is 0.909 bits per heavy atom. The molecule has 33 heavy (non-hydrogen) atoms. The number of thiophene rings is 2. The van der Waals surface area contributed by atoms with Crippen LogP contribution in [0.4, 0.5) is 5.69 Å². The second kappa shape index (κ2) is 8.93. The lowest BCUT2D eigenvalue weighted by atomic mass is 10.0. The first kappa shape index (κ1) is 21.6. The lowest BCUT2D eigenvalue weighted by molar-refractivity contribution is 0.0719. The second-order valence-corrected chi connectivity index (χ2v) is 11.0. The van der Waals surface area contributed by atoms with Crippen LogP contribution in [0.25, 0.3) is 0 Å². The fourth-order valence-electron chi connectivity index (χ4n) is 3.70. The summed E-state index contributed by atoms with van der Waals surface area (Å²) in [4.78, 5) is 15.0. The van der Waals surface area contributed by atoms with Crippen molar-refractivity contribution in [1.29, 1.82) is 0 Å². The Morgan fingerprint density at radius 2 is 1.64 bits per heavy atom. The summed E-state index contributed by atoms with van der Waals surface area (Å²) in [5.74, 6) is -0.166. The lowest BCUT2D eigenvalue weighted by Crippen LogP contribution is -2.25. The van der Waals surface area contributed by atoms with E-state index in [-0.39, 0.29) is 16.8 Å². The molecule has 4 aromatic rings. The Morgan fingerprint density at radius 3 is 2.36 bits per heavy atom. The van der Waals surface area contributed by atoms with Crippen molar-refractivity contribution in [2.24, 2.45) is 5.10 Å².